The van der Waals surface area contributed by atoms with Crippen LogP contribution in [-0.4, -0.2) is 11.5 Å². The second-order valence-corrected chi connectivity index (χ2v) is 11.3. The van der Waals surface area contributed by atoms with Gasteiger partial charge in [-0.15, -0.1) is 0 Å². The van der Waals surface area contributed by atoms with Crippen LogP contribution in [0, 0.1) is 15.5 Å². The van der Waals surface area contributed by atoms with E-state index in [0.29, 0.717) is 34.3 Å². The SMILES string of the molecule is CCCOc1ccc2c(c1)[C@@H]1c3c(c4ccccc4oc3=O)OC(c3cccc4ccc([N+](=O)[O-])cc34)(N2)C1(C)C. The largest absolute Gasteiger partial charge is 0.494 e. The van der Waals surface area contributed by atoms with E-state index in [1.165, 1.54) is 6.07 Å². The van der Waals surface area contributed by atoms with Crippen LogP contribution in [0.15, 0.2) is 88.1 Å². The fraction of sp³-hybridized carbons (Fsp3) is 0.242. The van der Waals surface area contributed by atoms with Gasteiger partial charge < -0.3 is 19.2 Å². The maximum Gasteiger partial charge on any atom is 0.343 e. The van der Waals surface area contributed by atoms with Crippen molar-refractivity contribution in [3.05, 3.63) is 116 Å². The molecule has 3 heterocycles. The zero-order valence-electron chi connectivity index (χ0n) is 22.9. The Morgan fingerprint density at radius 3 is 2.63 bits per heavy atom. The Kier molecular flexibility index (Phi) is 5.41. The number of benzene rings is 4. The molecule has 0 radical (unpaired) electrons. The molecular formula is C33H28N2O6. The number of nitrogens with one attached hydrogen (secondary N) is 1. The van der Waals surface area contributed by atoms with Crippen molar-refractivity contribution in [3.8, 4) is 11.5 Å². The molecule has 0 spiro atoms. The van der Waals surface area contributed by atoms with Crippen molar-refractivity contribution in [2.24, 2.45) is 5.41 Å². The van der Waals surface area contributed by atoms with Gasteiger partial charge in [-0.2, -0.15) is 0 Å². The highest BCUT2D eigenvalue weighted by atomic mass is 16.6. The third-order valence-corrected chi connectivity index (χ3v) is 8.55. The minimum absolute atomic E-state index is 0.00747. The topological polar surface area (TPSA) is 104 Å². The number of hydrogen-bond donors (Lipinski definition) is 1. The Hall–Kier alpha value is -4.85. The summed E-state index contributed by atoms with van der Waals surface area (Å²) >= 11 is 0. The number of fused-ring (bicyclic) bond motifs is 9. The number of nitro benzene ring substituents is 1. The molecule has 0 aliphatic carbocycles. The van der Waals surface area contributed by atoms with Crippen LogP contribution in [0.4, 0.5) is 11.4 Å². The average molecular weight is 549 g/mol. The van der Waals surface area contributed by atoms with Crippen molar-refractivity contribution in [3.63, 3.8) is 0 Å². The molecule has 1 N–H and O–H groups in total. The van der Waals surface area contributed by atoms with E-state index in [-0.39, 0.29) is 10.6 Å². The Morgan fingerprint density at radius 2 is 1.83 bits per heavy atom. The van der Waals surface area contributed by atoms with Crippen molar-refractivity contribution in [2.45, 2.75) is 38.8 Å². The van der Waals surface area contributed by atoms with Gasteiger partial charge in [-0.05, 0) is 59.2 Å². The summed E-state index contributed by atoms with van der Waals surface area (Å²) in [5.41, 5.74) is 0.883. The lowest BCUT2D eigenvalue weighted by Gasteiger charge is -2.58. The molecule has 2 atom stereocenters. The lowest BCUT2D eigenvalue weighted by Crippen LogP contribution is -2.61. The molecule has 41 heavy (non-hydrogen) atoms. The predicted molar refractivity (Wildman–Crippen MR) is 157 cm³/mol. The molecule has 5 aromatic rings. The van der Waals surface area contributed by atoms with Gasteiger partial charge in [0.05, 0.1) is 22.5 Å². The third-order valence-electron chi connectivity index (χ3n) is 8.55. The summed E-state index contributed by atoms with van der Waals surface area (Å²) in [7, 11) is 0. The first kappa shape index (κ1) is 25.1. The second-order valence-electron chi connectivity index (χ2n) is 11.3. The van der Waals surface area contributed by atoms with Crippen molar-refractivity contribution in [2.75, 3.05) is 11.9 Å². The smallest absolute Gasteiger partial charge is 0.343 e. The van der Waals surface area contributed by atoms with E-state index >= 15 is 0 Å². The number of rotatable bonds is 5. The molecule has 2 bridgehead atoms. The van der Waals surface area contributed by atoms with Gasteiger partial charge in [0.15, 0.2) is 0 Å². The van der Waals surface area contributed by atoms with Crippen molar-refractivity contribution < 1.29 is 18.8 Å². The Labute approximate surface area is 235 Å². The van der Waals surface area contributed by atoms with Gasteiger partial charge in [0.25, 0.3) is 5.69 Å². The monoisotopic (exact) mass is 548 g/mol. The van der Waals surface area contributed by atoms with Crippen LogP contribution in [0.5, 0.6) is 11.5 Å². The van der Waals surface area contributed by atoms with Crippen LogP contribution in [0.2, 0.25) is 0 Å². The van der Waals surface area contributed by atoms with Crippen LogP contribution in [0.25, 0.3) is 21.7 Å². The zero-order chi connectivity index (χ0) is 28.5. The van der Waals surface area contributed by atoms with E-state index in [2.05, 4.69) is 26.1 Å². The molecule has 206 valence electrons. The number of non-ortho nitro benzene ring substituents is 1. The minimum Gasteiger partial charge on any atom is -0.494 e. The lowest BCUT2D eigenvalue weighted by atomic mass is 9.59. The molecule has 1 aromatic heterocycles. The normalized spacial score (nSPS) is 20.0. The van der Waals surface area contributed by atoms with Crippen LogP contribution >= 0.6 is 0 Å². The van der Waals surface area contributed by atoms with Crippen LogP contribution in [0.3, 0.4) is 0 Å². The quantitative estimate of drug-likeness (QED) is 0.138. The van der Waals surface area contributed by atoms with Crippen molar-refractivity contribution in [1.29, 1.82) is 0 Å². The van der Waals surface area contributed by atoms with Gasteiger partial charge in [0.2, 0.25) is 5.72 Å². The fourth-order valence-electron chi connectivity index (χ4n) is 6.62. The van der Waals surface area contributed by atoms with Crippen LogP contribution in [0.1, 0.15) is 49.8 Å². The Bertz CT molecular complexity index is 1940. The lowest BCUT2D eigenvalue weighted by molar-refractivity contribution is -0.384. The van der Waals surface area contributed by atoms with E-state index in [0.717, 1.165) is 34.4 Å². The molecular weight excluding hydrogens is 520 g/mol. The summed E-state index contributed by atoms with van der Waals surface area (Å²) in [6.45, 7) is 6.74. The molecule has 4 aromatic carbocycles. The first-order valence-electron chi connectivity index (χ1n) is 13.7. The van der Waals surface area contributed by atoms with Gasteiger partial charge in [0.1, 0.15) is 17.1 Å². The van der Waals surface area contributed by atoms with Crippen molar-refractivity contribution in [1.82, 2.24) is 0 Å². The minimum atomic E-state index is -1.20. The highest BCUT2D eigenvalue weighted by Gasteiger charge is 2.62. The van der Waals surface area contributed by atoms with Crippen LogP contribution < -0.4 is 20.4 Å². The van der Waals surface area contributed by atoms with E-state index in [4.69, 9.17) is 13.9 Å². The first-order valence-corrected chi connectivity index (χ1v) is 13.7. The van der Waals surface area contributed by atoms with E-state index < -0.39 is 22.7 Å². The molecule has 8 nitrogen and oxygen atoms in total. The number of hydrogen-bond acceptors (Lipinski definition) is 7. The molecule has 2 aliphatic heterocycles. The molecule has 2 aliphatic rings. The maximum atomic E-state index is 13.7. The molecule has 0 fully saturated rings. The summed E-state index contributed by atoms with van der Waals surface area (Å²) in [5.74, 6) is 0.721. The van der Waals surface area contributed by atoms with E-state index in [1.54, 1.807) is 18.2 Å². The molecule has 0 saturated heterocycles. The molecule has 0 saturated carbocycles. The summed E-state index contributed by atoms with van der Waals surface area (Å²) in [6.07, 6.45) is 0.868. The van der Waals surface area contributed by atoms with Gasteiger partial charge in [-0.3, -0.25) is 10.1 Å². The third kappa shape index (κ3) is 3.49. The number of ether oxygens (including phenoxy) is 2. The van der Waals surface area contributed by atoms with Crippen molar-refractivity contribution >= 4 is 33.1 Å². The standard InChI is InChI=1S/C33H28N2O6/c1-4-16-39-21-14-15-26-24(18-21)29-28-30(22-9-5-6-11-27(22)40-31(28)36)41-33(34-26,32(29,2)3)25-10-7-8-19-12-13-20(35(37)38)17-23(19)25/h5-15,17-18,29,34H,4,16H2,1-3H3/t29-,33?/m1/s1. The highest BCUT2D eigenvalue weighted by molar-refractivity contribution is 5.91. The summed E-state index contributed by atoms with van der Waals surface area (Å²) in [6, 6.07) is 23.8. The van der Waals surface area contributed by atoms with Gasteiger partial charge >= 0.3 is 5.63 Å². The first-order chi connectivity index (χ1) is 19.7. The number of nitro groups is 1. The molecule has 7 rings (SSSR count). The zero-order valence-corrected chi connectivity index (χ0v) is 22.9. The summed E-state index contributed by atoms with van der Waals surface area (Å²) < 4.78 is 18.9. The maximum absolute atomic E-state index is 13.7. The molecule has 1 unspecified atom stereocenters. The van der Waals surface area contributed by atoms with E-state index in [9.17, 15) is 14.9 Å². The van der Waals surface area contributed by atoms with E-state index in [1.807, 2.05) is 54.6 Å². The van der Waals surface area contributed by atoms with Gasteiger partial charge in [0, 0.05) is 34.7 Å². The Balaban J connectivity index is 1.59. The number of nitrogens with zero attached hydrogens (tertiary/aromatic N) is 1. The number of anilines is 1. The molecule has 8 heteroatoms. The molecule has 0 amide bonds. The second kappa shape index (κ2) is 8.83. The van der Waals surface area contributed by atoms with Gasteiger partial charge in [-0.25, -0.2) is 4.79 Å². The number of para-hydroxylation sites is 1. The fourth-order valence-corrected chi connectivity index (χ4v) is 6.62. The average Bonchev–Trinajstić information content (AvgIpc) is 2.95. The van der Waals surface area contributed by atoms with Crippen LogP contribution in [-0.2, 0) is 5.72 Å². The summed E-state index contributed by atoms with van der Waals surface area (Å²) in [4.78, 5) is 25.1. The highest BCUT2D eigenvalue weighted by Crippen LogP contribution is 2.64. The van der Waals surface area contributed by atoms with Gasteiger partial charge in [-0.1, -0.05) is 51.1 Å². The predicted octanol–water partition coefficient (Wildman–Crippen LogP) is 7.47. The summed E-state index contributed by atoms with van der Waals surface area (Å²) in [5, 5.41) is 17.7. The Morgan fingerprint density at radius 1 is 1.00 bits per heavy atom.